The molecule has 6 nitrogen and oxygen atoms in total. The fourth-order valence-electron chi connectivity index (χ4n) is 3.02. The quantitative estimate of drug-likeness (QED) is 0.901. The Bertz CT molecular complexity index is 805. The molecule has 1 amide bonds. The summed E-state index contributed by atoms with van der Waals surface area (Å²) in [5, 5.41) is 2.88. The van der Waals surface area contributed by atoms with Gasteiger partial charge in [0, 0.05) is 31.4 Å². The number of carbonyl (C=O) groups excluding carboxylic acids is 1. The number of benzene rings is 1. The van der Waals surface area contributed by atoms with Crippen LogP contribution in [0.25, 0.3) is 0 Å². The number of anilines is 1. The molecule has 6 heteroatoms. The SMILES string of the molecule is Cc1ccc(CNC(=O)Cn2c(N3CCCC3)nc(C)cc2=O)cc1. The normalized spacial score (nSPS) is 13.9. The molecule has 1 saturated heterocycles. The minimum Gasteiger partial charge on any atom is -0.350 e. The van der Waals surface area contributed by atoms with Crippen molar-refractivity contribution in [2.45, 2.75) is 39.8 Å². The van der Waals surface area contributed by atoms with Crippen LogP contribution >= 0.6 is 0 Å². The maximum atomic E-state index is 12.4. The summed E-state index contributed by atoms with van der Waals surface area (Å²) in [5.74, 6) is 0.418. The maximum Gasteiger partial charge on any atom is 0.255 e. The fourth-order valence-corrected chi connectivity index (χ4v) is 3.02. The van der Waals surface area contributed by atoms with Crippen LogP contribution in [-0.4, -0.2) is 28.5 Å². The van der Waals surface area contributed by atoms with Crippen LogP contribution in [0.1, 0.15) is 29.7 Å². The molecule has 0 unspecified atom stereocenters. The van der Waals surface area contributed by atoms with Gasteiger partial charge in [-0.1, -0.05) is 29.8 Å². The summed E-state index contributed by atoms with van der Waals surface area (Å²) in [5.41, 5.74) is 2.72. The highest BCUT2D eigenvalue weighted by molar-refractivity contribution is 5.76. The molecular formula is C19H24N4O2. The zero-order chi connectivity index (χ0) is 17.8. The molecule has 25 heavy (non-hydrogen) atoms. The van der Waals surface area contributed by atoms with Gasteiger partial charge in [-0.05, 0) is 32.3 Å². The number of aromatic nitrogens is 2. The first kappa shape index (κ1) is 17.2. The molecule has 3 rings (SSSR count). The molecule has 0 saturated carbocycles. The highest BCUT2D eigenvalue weighted by atomic mass is 16.2. The molecule has 1 aromatic carbocycles. The van der Waals surface area contributed by atoms with Crippen LogP contribution in [0.2, 0.25) is 0 Å². The molecule has 1 aliphatic heterocycles. The van der Waals surface area contributed by atoms with E-state index < -0.39 is 0 Å². The molecule has 1 aromatic heterocycles. The third kappa shape index (κ3) is 4.26. The molecule has 132 valence electrons. The number of nitrogens with zero attached hydrogens (tertiary/aromatic N) is 3. The molecule has 2 heterocycles. The van der Waals surface area contributed by atoms with Crippen molar-refractivity contribution in [1.29, 1.82) is 0 Å². The smallest absolute Gasteiger partial charge is 0.255 e. The monoisotopic (exact) mass is 340 g/mol. The number of hydrogen-bond acceptors (Lipinski definition) is 4. The van der Waals surface area contributed by atoms with Gasteiger partial charge in [-0.25, -0.2) is 4.98 Å². The van der Waals surface area contributed by atoms with Crippen molar-refractivity contribution in [3.63, 3.8) is 0 Å². The Kier molecular flexibility index (Phi) is 5.16. The largest absolute Gasteiger partial charge is 0.350 e. The van der Waals surface area contributed by atoms with Gasteiger partial charge in [-0.15, -0.1) is 0 Å². The molecule has 0 radical (unpaired) electrons. The van der Waals surface area contributed by atoms with Crippen molar-refractivity contribution in [3.8, 4) is 0 Å². The first-order valence-electron chi connectivity index (χ1n) is 8.68. The Morgan fingerprint density at radius 3 is 2.52 bits per heavy atom. The number of hydrogen-bond donors (Lipinski definition) is 1. The lowest BCUT2D eigenvalue weighted by Gasteiger charge is -2.21. The van der Waals surface area contributed by atoms with E-state index in [1.54, 1.807) is 0 Å². The van der Waals surface area contributed by atoms with Crippen LogP contribution in [0, 0.1) is 13.8 Å². The second-order valence-electron chi connectivity index (χ2n) is 6.58. The highest BCUT2D eigenvalue weighted by Crippen LogP contribution is 2.16. The minimum atomic E-state index is -0.186. The zero-order valence-corrected chi connectivity index (χ0v) is 14.8. The van der Waals surface area contributed by atoms with Gasteiger partial charge in [0.25, 0.3) is 5.56 Å². The minimum absolute atomic E-state index is 0.0101. The van der Waals surface area contributed by atoms with Crippen molar-refractivity contribution in [2.24, 2.45) is 0 Å². The maximum absolute atomic E-state index is 12.4. The van der Waals surface area contributed by atoms with Crippen LogP contribution in [0.3, 0.4) is 0 Å². The lowest BCUT2D eigenvalue weighted by atomic mass is 10.1. The summed E-state index contributed by atoms with van der Waals surface area (Å²) in [6, 6.07) is 9.49. The zero-order valence-electron chi connectivity index (χ0n) is 14.8. The Hall–Kier alpha value is -2.63. The lowest BCUT2D eigenvalue weighted by molar-refractivity contribution is -0.121. The Labute approximate surface area is 147 Å². The van der Waals surface area contributed by atoms with Crippen molar-refractivity contribution >= 4 is 11.9 Å². The first-order valence-corrected chi connectivity index (χ1v) is 8.68. The average Bonchev–Trinajstić information content (AvgIpc) is 3.11. The topological polar surface area (TPSA) is 67.2 Å². The van der Waals surface area contributed by atoms with Gasteiger partial charge >= 0.3 is 0 Å². The van der Waals surface area contributed by atoms with Gasteiger partial charge in [0.2, 0.25) is 11.9 Å². The van der Waals surface area contributed by atoms with Crippen LogP contribution < -0.4 is 15.8 Å². The van der Waals surface area contributed by atoms with Crippen LogP contribution in [0.4, 0.5) is 5.95 Å². The highest BCUT2D eigenvalue weighted by Gasteiger charge is 2.20. The van der Waals surface area contributed by atoms with Crippen LogP contribution in [-0.2, 0) is 17.9 Å². The van der Waals surface area contributed by atoms with E-state index in [0.717, 1.165) is 31.5 Å². The fraction of sp³-hybridized carbons (Fsp3) is 0.421. The van der Waals surface area contributed by atoms with E-state index in [-0.39, 0.29) is 18.0 Å². The van der Waals surface area contributed by atoms with E-state index in [2.05, 4.69) is 15.2 Å². The van der Waals surface area contributed by atoms with E-state index in [0.29, 0.717) is 18.2 Å². The van der Waals surface area contributed by atoms with Crippen molar-refractivity contribution in [2.75, 3.05) is 18.0 Å². The third-order valence-electron chi connectivity index (χ3n) is 4.42. The summed E-state index contributed by atoms with van der Waals surface area (Å²) in [6.45, 7) is 6.03. The molecule has 0 spiro atoms. The van der Waals surface area contributed by atoms with Gasteiger partial charge in [-0.3, -0.25) is 14.2 Å². The van der Waals surface area contributed by atoms with Gasteiger partial charge in [0.1, 0.15) is 6.54 Å². The molecule has 1 aliphatic rings. The standard InChI is InChI=1S/C19H24N4O2/c1-14-5-7-16(8-6-14)12-20-17(24)13-23-18(25)11-15(2)21-19(23)22-9-3-4-10-22/h5-8,11H,3-4,9-10,12-13H2,1-2H3,(H,20,24). The van der Waals surface area contributed by atoms with E-state index in [9.17, 15) is 9.59 Å². The number of aryl methyl sites for hydroxylation is 2. The number of carbonyl (C=O) groups is 1. The molecule has 0 aliphatic carbocycles. The van der Waals surface area contributed by atoms with E-state index in [4.69, 9.17) is 0 Å². The van der Waals surface area contributed by atoms with Crippen LogP contribution in [0.5, 0.6) is 0 Å². The van der Waals surface area contributed by atoms with Gasteiger partial charge in [-0.2, -0.15) is 0 Å². The Morgan fingerprint density at radius 1 is 1.16 bits per heavy atom. The van der Waals surface area contributed by atoms with Gasteiger partial charge < -0.3 is 10.2 Å². The predicted molar refractivity (Wildman–Crippen MR) is 97.7 cm³/mol. The Balaban J connectivity index is 1.72. The third-order valence-corrected chi connectivity index (χ3v) is 4.42. The molecule has 1 fully saturated rings. The van der Waals surface area contributed by atoms with E-state index in [1.807, 2.05) is 38.1 Å². The first-order chi connectivity index (χ1) is 12.0. The molecule has 0 atom stereocenters. The number of rotatable bonds is 5. The van der Waals surface area contributed by atoms with Crippen LogP contribution in [0.15, 0.2) is 35.1 Å². The lowest BCUT2D eigenvalue weighted by Crippen LogP contribution is -2.36. The summed E-state index contributed by atoms with van der Waals surface area (Å²) in [7, 11) is 0. The predicted octanol–water partition coefficient (Wildman–Crippen LogP) is 1.78. The summed E-state index contributed by atoms with van der Waals surface area (Å²) in [4.78, 5) is 31.3. The summed E-state index contributed by atoms with van der Waals surface area (Å²) < 4.78 is 1.47. The molecule has 2 aromatic rings. The van der Waals surface area contributed by atoms with E-state index >= 15 is 0 Å². The molecular weight excluding hydrogens is 316 g/mol. The second-order valence-corrected chi connectivity index (χ2v) is 6.58. The van der Waals surface area contributed by atoms with Crippen molar-refractivity contribution < 1.29 is 4.79 Å². The molecule has 0 bridgehead atoms. The summed E-state index contributed by atoms with van der Waals surface area (Å²) in [6.07, 6.45) is 2.17. The van der Waals surface area contributed by atoms with E-state index in [1.165, 1.54) is 16.2 Å². The Morgan fingerprint density at radius 2 is 1.84 bits per heavy atom. The number of nitrogens with one attached hydrogen (secondary N) is 1. The second kappa shape index (κ2) is 7.51. The summed E-state index contributed by atoms with van der Waals surface area (Å²) >= 11 is 0. The molecule has 1 N–H and O–H groups in total. The van der Waals surface area contributed by atoms with Gasteiger partial charge in [0.15, 0.2) is 0 Å². The number of amides is 1. The van der Waals surface area contributed by atoms with Gasteiger partial charge in [0.05, 0.1) is 0 Å². The average molecular weight is 340 g/mol. The van der Waals surface area contributed by atoms with Crippen molar-refractivity contribution in [1.82, 2.24) is 14.9 Å². The van der Waals surface area contributed by atoms with Crippen molar-refractivity contribution in [3.05, 3.63) is 57.5 Å².